The average molecular weight is 534 g/mol. The van der Waals surface area contributed by atoms with Gasteiger partial charge in [0.2, 0.25) is 11.0 Å². The standard InChI is InChI=1S/C24H24ClN3O7S/c25-15-1-2-18-17(7-15)27-23(35-18)14-8-24(9-14)10-16(11-24)26-22(30)19-3-4-20(34-19)36(31,32)28-21(29)13-5-6-33-12-13/h1-4,7,13-14,16H,5-6,8-12H2,(H,26,30)(H,28,29). The first-order valence-corrected chi connectivity index (χ1v) is 13.7. The Labute approximate surface area is 211 Å². The number of benzene rings is 1. The van der Waals surface area contributed by atoms with E-state index in [9.17, 15) is 18.0 Å². The number of oxazole rings is 1. The van der Waals surface area contributed by atoms with Crippen LogP contribution in [0.4, 0.5) is 0 Å². The van der Waals surface area contributed by atoms with Gasteiger partial charge in [0, 0.05) is 23.6 Å². The van der Waals surface area contributed by atoms with E-state index in [4.69, 9.17) is 25.2 Å². The van der Waals surface area contributed by atoms with Crippen molar-refractivity contribution in [3.05, 3.63) is 47.0 Å². The number of ether oxygens (including phenoxy) is 1. The molecule has 6 rings (SSSR count). The highest BCUT2D eigenvalue weighted by molar-refractivity contribution is 7.89. The second kappa shape index (κ2) is 8.60. The van der Waals surface area contributed by atoms with E-state index in [0.29, 0.717) is 18.1 Å². The summed E-state index contributed by atoms with van der Waals surface area (Å²) < 4.78 is 43.2. The molecule has 190 valence electrons. The molecule has 2 saturated carbocycles. The number of hydrogen-bond donors (Lipinski definition) is 2. The number of halogens is 1. The highest BCUT2D eigenvalue weighted by atomic mass is 35.5. The molecule has 12 heteroatoms. The predicted molar refractivity (Wildman–Crippen MR) is 127 cm³/mol. The number of furan rings is 1. The highest BCUT2D eigenvalue weighted by Gasteiger charge is 2.54. The fourth-order valence-corrected chi connectivity index (χ4v) is 6.67. The molecule has 3 aliphatic rings. The molecular formula is C24H24ClN3O7S. The Balaban J connectivity index is 1.01. The van der Waals surface area contributed by atoms with Gasteiger partial charge < -0.3 is 18.9 Å². The van der Waals surface area contributed by atoms with Crippen LogP contribution in [0.5, 0.6) is 0 Å². The van der Waals surface area contributed by atoms with Gasteiger partial charge in [-0.2, -0.15) is 8.42 Å². The van der Waals surface area contributed by atoms with Gasteiger partial charge in [-0.3, -0.25) is 9.59 Å². The monoisotopic (exact) mass is 533 g/mol. The van der Waals surface area contributed by atoms with Crippen molar-refractivity contribution in [3.63, 3.8) is 0 Å². The molecule has 3 heterocycles. The Bertz CT molecular complexity index is 1440. The van der Waals surface area contributed by atoms with Gasteiger partial charge in [-0.15, -0.1) is 0 Å². The molecule has 2 aromatic heterocycles. The summed E-state index contributed by atoms with van der Waals surface area (Å²) in [5, 5.41) is 3.04. The first-order valence-electron chi connectivity index (χ1n) is 11.8. The zero-order chi connectivity index (χ0) is 25.1. The van der Waals surface area contributed by atoms with Crippen LogP contribution in [0.1, 0.15) is 54.5 Å². The van der Waals surface area contributed by atoms with Crippen molar-refractivity contribution in [2.45, 2.75) is 49.2 Å². The lowest BCUT2D eigenvalue weighted by Gasteiger charge is -2.57. The van der Waals surface area contributed by atoms with Crippen LogP contribution in [-0.4, -0.2) is 44.5 Å². The first kappa shape index (κ1) is 23.5. The maximum Gasteiger partial charge on any atom is 0.297 e. The van der Waals surface area contributed by atoms with E-state index in [2.05, 4.69) is 10.3 Å². The average Bonchev–Trinajstić information content (AvgIpc) is 3.54. The molecule has 3 fully saturated rings. The lowest BCUT2D eigenvalue weighted by molar-refractivity contribution is -0.123. The first-order chi connectivity index (χ1) is 17.2. The number of nitrogens with zero attached hydrogens (tertiary/aromatic N) is 1. The number of carbonyl (C=O) groups is 2. The van der Waals surface area contributed by atoms with E-state index in [1.165, 1.54) is 12.1 Å². The van der Waals surface area contributed by atoms with Gasteiger partial charge in [0.1, 0.15) is 5.52 Å². The summed E-state index contributed by atoms with van der Waals surface area (Å²) in [6.07, 6.45) is 3.99. The topological polar surface area (TPSA) is 141 Å². The van der Waals surface area contributed by atoms with Crippen LogP contribution in [0.2, 0.25) is 5.02 Å². The summed E-state index contributed by atoms with van der Waals surface area (Å²) >= 11 is 6.03. The Kier molecular flexibility index (Phi) is 5.62. The molecule has 2 aliphatic carbocycles. The fourth-order valence-electron chi connectivity index (χ4n) is 5.52. The van der Waals surface area contributed by atoms with Crippen molar-refractivity contribution in [2.24, 2.45) is 11.3 Å². The molecule has 1 saturated heterocycles. The molecule has 0 bridgehead atoms. The number of carbonyl (C=O) groups excluding carboxylic acids is 2. The van der Waals surface area contributed by atoms with Gasteiger partial charge in [-0.25, -0.2) is 9.71 Å². The summed E-state index contributed by atoms with van der Waals surface area (Å²) in [7, 11) is -4.21. The Morgan fingerprint density at radius 3 is 2.64 bits per heavy atom. The van der Waals surface area contributed by atoms with E-state index in [-0.39, 0.29) is 29.7 Å². The van der Waals surface area contributed by atoms with Crippen molar-refractivity contribution < 1.29 is 31.6 Å². The molecule has 3 aromatic rings. The normalized spacial score (nSPS) is 27.5. The molecule has 10 nitrogen and oxygen atoms in total. The second-order valence-corrected chi connectivity index (χ2v) is 12.0. The number of fused-ring (bicyclic) bond motifs is 1. The number of hydrogen-bond acceptors (Lipinski definition) is 8. The van der Waals surface area contributed by atoms with E-state index < -0.39 is 32.8 Å². The van der Waals surface area contributed by atoms with Gasteiger partial charge >= 0.3 is 0 Å². The van der Waals surface area contributed by atoms with Gasteiger partial charge in [0.25, 0.3) is 15.9 Å². The highest BCUT2D eigenvalue weighted by Crippen LogP contribution is 2.61. The van der Waals surface area contributed by atoms with Crippen molar-refractivity contribution in [3.8, 4) is 0 Å². The molecule has 1 aliphatic heterocycles. The summed E-state index contributed by atoms with van der Waals surface area (Å²) in [6.45, 7) is 0.596. The van der Waals surface area contributed by atoms with Gasteiger partial charge in [-0.1, -0.05) is 11.6 Å². The van der Waals surface area contributed by atoms with Crippen molar-refractivity contribution in [1.29, 1.82) is 0 Å². The summed E-state index contributed by atoms with van der Waals surface area (Å²) in [4.78, 5) is 29.3. The number of aromatic nitrogens is 1. The van der Waals surface area contributed by atoms with E-state index in [1.54, 1.807) is 12.1 Å². The minimum absolute atomic E-state index is 0.0203. The van der Waals surface area contributed by atoms with E-state index >= 15 is 0 Å². The smallest absolute Gasteiger partial charge is 0.297 e. The second-order valence-electron chi connectivity index (χ2n) is 10.00. The number of sulfonamides is 1. The number of amides is 2. The third-order valence-corrected chi connectivity index (χ3v) is 8.83. The van der Waals surface area contributed by atoms with Crippen LogP contribution in [0.25, 0.3) is 11.1 Å². The molecule has 2 N–H and O–H groups in total. The van der Waals surface area contributed by atoms with Crippen LogP contribution >= 0.6 is 11.6 Å². The maximum atomic E-state index is 12.6. The van der Waals surface area contributed by atoms with Crippen LogP contribution in [-0.2, 0) is 19.6 Å². The molecule has 2 amide bonds. The number of rotatable bonds is 6. The minimum Gasteiger partial charge on any atom is -0.440 e. The van der Waals surface area contributed by atoms with Gasteiger partial charge in [0.05, 0.1) is 12.5 Å². The Morgan fingerprint density at radius 2 is 1.89 bits per heavy atom. The van der Waals surface area contributed by atoms with Crippen molar-refractivity contribution in [1.82, 2.24) is 15.0 Å². The van der Waals surface area contributed by atoms with Crippen LogP contribution < -0.4 is 10.0 Å². The van der Waals surface area contributed by atoms with Gasteiger partial charge in [0.15, 0.2) is 17.2 Å². The molecule has 36 heavy (non-hydrogen) atoms. The van der Waals surface area contributed by atoms with Crippen LogP contribution in [0, 0.1) is 11.3 Å². The van der Waals surface area contributed by atoms with Crippen LogP contribution in [0.3, 0.4) is 0 Å². The quantitative estimate of drug-likeness (QED) is 0.491. The van der Waals surface area contributed by atoms with E-state index in [1.807, 2.05) is 10.8 Å². The predicted octanol–water partition coefficient (Wildman–Crippen LogP) is 3.37. The largest absolute Gasteiger partial charge is 0.440 e. The van der Waals surface area contributed by atoms with Crippen molar-refractivity contribution in [2.75, 3.05) is 13.2 Å². The summed E-state index contributed by atoms with van der Waals surface area (Å²) in [5.41, 5.74) is 1.64. The van der Waals surface area contributed by atoms with Gasteiger partial charge in [-0.05, 0) is 67.9 Å². The number of nitrogens with one attached hydrogen (secondary N) is 2. The summed E-state index contributed by atoms with van der Waals surface area (Å²) in [6, 6.07) is 7.83. The maximum absolute atomic E-state index is 12.6. The molecule has 1 atom stereocenters. The lowest BCUT2D eigenvalue weighted by Crippen LogP contribution is -2.55. The zero-order valence-electron chi connectivity index (χ0n) is 19.2. The lowest BCUT2D eigenvalue weighted by atomic mass is 9.50. The third-order valence-electron chi connectivity index (χ3n) is 7.37. The fraction of sp³-hybridized carbons (Fsp3) is 0.458. The zero-order valence-corrected chi connectivity index (χ0v) is 20.7. The van der Waals surface area contributed by atoms with Crippen LogP contribution in [0.15, 0.2) is 44.3 Å². The van der Waals surface area contributed by atoms with E-state index in [0.717, 1.165) is 42.7 Å². The molecule has 0 radical (unpaired) electrons. The Hall–Kier alpha value is -2.89. The van der Waals surface area contributed by atoms with Crippen molar-refractivity contribution >= 4 is 44.5 Å². The molecule has 1 aromatic carbocycles. The molecular weight excluding hydrogens is 510 g/mol. The molecule has 1 spiro atoms. The third kappa shape index (κ3) is 4.29. The summed E-state index contributed by atoms with van der Waals surface area (Å²) in [5.74, 6) is -0.798. The minimum atomic E-state index is -4.21. The Morgan fingerprint density at radius 1 is 1.08 bits per heavy atom. The SMILES string of the molecule is O=C(NC1CC2(C1)CC(c1nc3cc(Cl)ccc3o1)C2)c1ccc(S(=O)(=O)NC(=O)C2CCOC2)o1. The molecule has 1 unspecified atom stereocenters.